The molecule has 0 aliphatic carbocycles. The summed E-state index contributed by atoms with van der Waals surface area (Å²) in [7, 11) is 1.80. The van der Waals surface area contributed by atoms with Gasteiger partial charge in [-0.2, -0.15) is 0 Å². The number of nitrogens with zero attached hydrogens (tertiary/aromatic N) is 1. The van der Waals surface area contributed by atoms with Crippen molar-refractivity contribution >= 4 is 23.1 Å². The molecule has 22 heavy (non-hydrogen) atoms. The molecule has 0 aliphatic heterocycles. The van der Waals surface area contributed by atoms with Crippen LogP contribution in [0.4, 0.5) is 0 Å². The molecule has 0 saturated carbocycles. The first kappa shape index (κ1) is 18.4. The maximum absolute atomic E-state index is 11.7. The minimum Gasteiger partial charge on any atom is -0.492 e. The summed E-state index contributed by atoms with van der Waals surface area (Å²) < 4.78 is 5.73. The van der Waals surface area contributed by atoms with Gasteiger partial charge in [-0.3, -0.25) is 9.79 Å². The minimum atomic E-state index is 0.0903. The Balaban J connectivity index is 2.60. The van der Waals surface area contributed by atoms with Gasteiger partial charge in [0.1, 0.15) is 5.75 Å². The van der Waals surface area contributed by atoms with Crippen LogP contribution in [-0.2, 0) is 0 Å². The zero-order valence-corrected chi connectivity index (χ0v) is 14.5. The second kappa shape index (κ2) is 9.42. The zero-order chi connectivity index (χ0) is 16.5. The fraction of sp³-hybridized carbons (Fsp3) is 0.444. The Morgan fingerprint density at radius 1 is 1.41 bits per heavy atom. The highest BCUT2D eigenvalue weighted by atomic mass is 35.5. The van der Waals surface area contributed by atoms with E-state index in [9.17, 15) is 4.79 Å². The molecular weight excluding hydrogens is 298 g/mol. The van der Waals surface area contributed by atoms with E-state index in [-0.39, 0.29) is 5.78 Å². The van der Waals surface area contributed by atoms with Crippen molar-refractivity contribution in [2.45, 2.75) is 40.0 Å². The molecule has 0 bridgehead atoms. The monoisotopic (exact) mass is 321 g/mol. The Morgan fingerprint density at radius 3 is 2.73 bits per heavy atom. The van der Waals surface area contributed by atoms with Gasteiger partial charge >= 0.3 is 0 Å². The Labute approximate surface area is 138 Å². The number of benzene rings is 1. The zero-order valence-electron chi connectivity index (χ0n) is 13.8. The molecular formula is C18H24ClNO2. The Kier molecular flexibility index (Phi) is 7.89. The molecule has 0 aromatic heterocycles. The lowest BCUT2D eigenvalue weighted by Crippen LogP contribution is -2.04. The highest BCUT2D eigenvalue weighted by Crippen LogP contribution is 2.26. The fourth-order valence-electron chi connectivity index (χ4n) is 2.11. The Bertz CT molecular complexity index is 576. The molecule has 0 N–H and O–H groups in total. The Morgan fingerprint density at radius 2 is 2.14 bits per heavy atom. The van der Waals surface area contributed by atoms with Crippen LogP contribution in [0, 0.1) is 0 Å². The third-order valence-corrected chi connectivity index (χ3v) is 3.88. The number of carbonyl (C=O) groups is 1. The van der Waals surface area contributed by atoms with Crippen molar-refractivity contribution in [1.29, 1.82) is 0 Å². The van der Waals surface area contributed by atoms with Crippen LogP contribution < -0.4 is 4.74 Å². The molecule has 0 aliphatic rings. The molecule has 0 spiro atoms. The van der Waals surface area contributed by atoms with Crippen molar-refractivity contribution in [3.05, 3.63) is 40.4 Å². The van der Waals surface area contributed by atoms with Gasteiger partial charge in [-0.05, 0) is 50.5 Å². The molecule has 0 unspecified atom stereocenters. The third-order valence-electron chi connectivity index (χ3n) is 3.57. The lowest BCUT2D eigenvalue weighted by atomic mass is 10.1. The van der Waals surface area contributed by atoms with Crippen LogP contribution in [0.1, 0.15) is 50.4 Å². The van der Waals surface area contributed by atoms with Gasteiger partial charge in [-0.25, -0.2) is 0 Å². The van der Waals surface area contributed by atoms with E-state index in [2.05, 4.69) is 11.1 Å². The van der Waals surface area contributed by atoms with Crippen molar-refractivity contribution in [1.82, 2.24) is 0 Å². The number of rotatable bonds is 8. The molecule has 0 heterocycles. The van der Waals surface area contributed by atoms with E-state index in [1.165, 1.54) is 5.57 Å². The number of aliphatic imine (C=N–C) groups is 1. The Hall–Kier alpha value is -1.61. The average molecular weight is 322 g/mol. The predicted molar refractivity (Wildman–Crippen MR) is 93.6 cm³/mol. The second-order valence-corrected chi connectivity index (χ2v) is 5.40. The molecule has 0 amide bonds. The maximum Gasteiger partial charge on any atom is 0.162 e. The van der Waals surface area contributed by atoms with Crippen molar-refractivity contribution in [3.63, 3.8) is 0 Å². The summed E-state index contributed by atoms with van der Waals surface area (Å²) in [6, 6.07) is 5.18. The molecule has 120 valence electrons. The molecule has 1 aromatic carbocycles. The summed E-state index contributed by atoms with van der Waals surface area (Å²) in [4.78, 5) is 15.9. The number of Topliss-reactive ketones (excluding diaryl/α,β-unsaturated/α-hetero) is 1. The predicted octanol–water partition coefficient (Wildman–Crippen LogP) is 5.13. The number of ether oxygens (including phenoxy) is 1. The van der Waals surface area contributed by atoms with Gasteiger partial charge in [0.2, 0.25) is 0 Å². The van der Waals surface area contributed by atoms with Crippen LogP contribution in [0.25, 0.3) is 0 Å². The lowest BCUT2D eigenvalue weighted by Gasteiger charge is -2.10. The number of allylic oxidation sites excluding steroid dienone is 2. The lowest BCUT2D eigenvalue weighted by molar-refractivity contribution is 0.0987. The molecule has 0 saturated heterocycles. The third kappa shape index (κ3) is 5.30. The SMILES string of the molecule is C/C=C(CCCOc1cc(C(=O)CC)ccc1Cl)/C(C)=N\C. The van der Waals surface area contributed by atoms with E-state index < -0.39 is 0 Å². The van der Waals surface area contributed by atoms with Crippen LogP contribution in [0.2, 0.25) is 5.02 Å². The first-order valence-electron chi connectivity index (χ1n) is 7.57. The van der Waals surface area contributed by atoms with E-state index >= 15 is 0 Å². The van der Waals surface area contributed by atoms with Crippen LogP contribution in [-0.4, -0.2) is 25.1 Å². The van der Waals surface area contributed by atoms with Gasteiger partial charge in [0.15, 0.2) is 5.78 Å². The fourth-order valence-corrected chi connectivity index (χ4v) is 2.29. The second-order valence-electron chi connectivity index (χ2n) is 5.00. The van der Waals surface area contributed by atoms with E-state index in [4.69, 9.17) is 16.3 Å². The smallest absolute Gasteiger partial charge is 0.162 e. The van der Waals surface area contributed by atoms with Crippen molar-refractivity contribution < 1.29 is 9.53 Å². The molecule has 1 rings (SSSR count). The highest BCUT2D eigenvalue weighted by molar-refractivity contribution is 6.32. The molecule has 3 nitrogen and oxygen atoms in total. The summed E-state index contributed by atoms with van der Waals surface area (Å²) in [6.45, 7) is 6.42. The highest BCUT2D eigenvalue weighted by Gasteiger charge is 2.08. The molecule has 0 radical (unpaired) electrons. The number of carbonyl (C=O) groups excluding carboxylic acids is 1. The van der Waals surface area contributed by atoms with Gasteiger partial charge < -0.3 is 4.74 Å². The van der Waals surface area contributed by atoms with Crippen LogP contribution in [0.15, 0.2) is 34.8 Å². The van der Waals surface area contributed by atoms with Crippen LogP contribution in [0.5, 0.6) is 5.75 Å². The van der Waals surface area contributed by atoms with Crippen LogP contribution >= 0.6 is 11.6 Å². The quantitative estimate of drug-likeness (QED) is 0.378. The standard InChI is InChI=1S/C18H24ClNO2/c1-5-14(13(3)20-4)8-7-11-22-18-12-15(17(21)6-2)9-10-16(18)19/h5,9-10,12H,6-8,11H2,1-4H3/b14-5+,20-13-. The van der Waals surface area contributed by atoms with Crippen molar-refractivity contribution in [3.8, 4) is 5.75 Å². The number of halogens is 1. The van der Waals surface area contributed by atoms with E-state index in [0.29, 0.717) is 29.4 Å². The summed E-state index contributed by atoms with van der Waals surface area (Å²) in [6.07, 6.45) is 4.33. The molecule has 0 atom stereocenters. The maximum atomic E-state index is 11.7. The van der Waals surface area contributed by atoms with E-state index in [0.717, 1.165) is 18.6 Å². The first-order chi connectivity index (χ1) is 10.5. The molecule has 4 heteroatoms. The average Bonchev–Trinajstić information content (AvgIpc) is 2.55. The van der Waals surface area contributed by atoms with Crippen molar-refractivity contribution in [2.24, 2.45) is 4.99 Å². The van der Waals surface area contributed by atoms with Gasteiger partial charge in [0.25, 0.3) is 0 Å². The first-order valence-corrected chi connectivity index (χ1v) is 7.95. The molecule has 1 aromatic rings. The van der Waals surface area contributed by atoms with Gasteiger partial charge in [-0.15, -0.1) is 0 Å². The number of hydrogen-bond donors (Lipinski definition) is 0. The van der Waals surface area contributed by atoms with Gasteiger partial charge in [-0.1, -0.05) is 24.6 Å². The minimum absolute atomic E-state index is 0.0903. The molecule has 0 fully saturated rings. The topological polar surface area (TPSA) is 38.7 Å². The van der Waals surface area contributed by atoms with Gasteiger partial charge in [0.05, 0.1) is 11.6 Å². The number of ketones is 1. The van der Waals surface area contributed by atoms with Gasteiger partial charge in [0, 0.05) is 24.7 Å². The van der Waals surface area contributed by atoms with Crippen LogP contribution in [0.3, 0.4) is 0 Å². The van der Waals surface area contributed by atoms with E-state index in [1.54, 1.807) is 25.2 Å². The normalized spacial score (nSPS) is 12.4. The summed E-state index contributed by atoms with van der Waals surface area (Å²) in [5, 5.41) is 0.533. The summed E-state index contributed by atoms with van der Waals surface area (Å²) in [5.41, 5.74) is 2.92. The summed E-state index contributed by atoms with van der Waals surface area (Å²) >= 11 is 6.12. The number of hydrogen-bond acceptors (Lipinski definition) is 3. The largest absolute Gasteiger partial charge is 0.492 e. The van der Waals surface area contributed by atoms with Crippen molar-refractivity contribution in [2.75, 3.05) is 13.7 Å². The summed E-state index contributed by atoms with van der Waals surface area (Å²) in [5.74, 6) is 0.663. The van der Waals surface area contributed by atoms with E-state index in [1.807, 2.05) is 20.8 Å².